The van der Waals surface area contributed by atoms with Crippen LogP contribution in [0.5, 0.6) is 0 Å². The minimum Gasteiger partial charge on any atom is -0.352 e. The number of aromatic nitrogens is 5. The summed E-state index contributed by atoms with van der Waals surface area (Å²) in [5.41, 5.74) is 5.15. The first-order chi connectivity index (χ1) is 13.1. The molecule has 1 aromatic carbocycles. The summed E-state index contributed by atoms with van der Waals surface area (Å²) in [5.74, 6) is 0.484. The molecule has 0 bridgehead atoms. The number of nitrogens with zero attached hydrogens (tertiary/aromatic N) is 4. The van der Waals surface area contributed by atoms with Crippen molar-refractivity contribution in [2.45, 2.75) is 20.4 Å². The maximum atomic E-state index is 12.3. The van der Waals surface area contributed by atoms with Gasteiger partial charge in [-0.25, -0.2) is 19.9 Å². The van der Waals surface area contributed by atoms with Crippen LogP contribution in [0.25, 0.3) is 22.4 Å². The van der Waals surface area contributed by atoms with E-state index in [4.69, 9.17) is 0 Å². The van der Waals surface area contributed by atoms with Gasteiger partial charge in [0.05, 0.1) is 17.0 Å². The number of aromatic amines is 1. The first kappa shape index (κ1) is 16.8. The number of benzene rings is 1. The van der Waals surface area contributed by atoms with Crippen molar-refractivity contribution in [3.8, 4) is 11.5 Å². The van der Waals surface area contributed by atoms with Crippen molar-refractivity contribution < 1.29 is 4.79 Å². The highest BCUT2D eigenvalue weighted by Crippen LogP contribution is 2.28. The number of nitrogens with one attached hydrogen (secondary N) is 2. The Morgan fingerprint density at radius 1 is 1.15 bits per heavy atom. The first-order valence-corrected chi connectivity index (χ1v) is 8.57. The number of rotatable bonds is 4. The SMILES string of the molecule is Cc1ncncc1C(=O)NCc1ccc2[nH]c(-c3ncccn3)c(C)c2c1. The van der Waals surface area contributed by atoms with Gasteiger partial charge in [-0.15, -0.1) is 0 Å². The summed E-state index contributed by atoms with van der Waals surface area (Å²) in [6.07, 6.45) is 6.42. The fourth-order valence-electron chi connectivity index (χ4n) is 3.03. The normalized spacial score (nSPS) is 10.9. The molecule has 1 amide bonds. The zero-order valence-electron chi connectivity index (χ0n) is 15.0. The van der Waals surface area contributed by atoms with Crippen molar-refractivity contribution in [1.29, 1.82) is 0 Å². The Morgan fingerprint density at radius 3 is 2.74 bits per heavy atom. The molecule has 3 heterocycles. The van der Waals surface area contributed by atoms with Gasteiger partial charge in [0.25, 0.3) is 5.91 Å². The van der Waals surface area contributed by atoms with Gasteiger partial charge in [-0.1, -0.05) is 6.07 Å². The summed E-state index contributed by atoms with van der Waals surface area (Å²) in [5, 5.41) is 4.01. The van der Waals surface area contributed by atoms with E-state index in [0.717, 1.165) is 27.7 Å². The van der Waals surface area contributed by atoms with Gasteiger partial charge in [-0.05, 0) is 43.2 Å². The summed E-state index contributed by atoms with van der Waals surface area (Å²) in [6, 6.07) is 7.86. The molecule has 3 aromatic heterocycles. The van der Waals surface area contributed by atoms with Crippen LogP contribution in [-0.4, -0.2) is 30.8 Å². The Kier molecular flexibility index (Phi) is 4.33. The molecule has 0 saturated carbocycles. The van der Waals surface area contributed by atoms with Crippen LogP contribution in [0.2, 0.25) is 0 Å². The Labute approximate surface area is 155 Å². The third kappa shape index (κ3) is 3.27. The summed E-state index contributed by atoms with van der Waals surface area (Å²) < 4.78 is 0. The number of fused-ring (bicyclic) bond motifs is 1. The number of carbonyl (C=O) groups excluding carboxylic acids is 1. The van der Waals surface area contributed by atoms with E-state index in [1.807, 2.05) is 19.1 Å². The van der Waals surface area contributed by atoms with Crippen molar-refractivity contribution in [1.82, 2.24) is 30.2 Å². The van der Waals surface area contributed by atoms with Crippen LogP contribution in [0.1, 0.15) is 27.2 Å². The van der Waals surface area contributed by atoms with E-state index in [1.54, 1.807) is 25.4 Å². The predicted octanol–water partition coefficient (Wildman–Crippen LogP) is 2.96. The Hall–Kier alpha value is -3.61. The summed E-state index contributed by atoms with van der Waals surface area (Å²) >= 11 is 0. The van der Waals surface area contributed by atoms with Crippen molar-refractivity contribution >= 4 is 16.8 Å². The van der Waals surface area contributed by atoms with E-state index in [2.05, 4.69) is 36.3 Å². The highest BCUT2D eigenvalue weighted by atomic mass is 16.1. The van der Waals surface area contributed by atoms with Crippen LogP contribution < -0.4 is 5.32 Å². The highest BCUT2D eigenvalue weighted by Gasteiger charge is 2.13. The lowest BCUT2D eigenvalue weighted by Gasteiger charge is -2.07. The van der Waals surface area contributed by atoms with Crippen LogP contribution >= 0.6 is 0 Å². The van der Waals surface area contributed by atoms with E-state index < -0.39 is 0 Å². The van der Waals surface area contributed by atoms with Crippen molar-refractivity contribution in [3.05, 3.63) is 71.6 Å². The molecule has 7 nitrogen and oxygen atoms in total. The predicted molar refractivity (Wildman–Crippen MR) is 102 cm³/mol. The average molecular weight is 358 g/mol. The van der Waals surface area contributed by atoms with E-state index in [1.165, 1.54) is 12.5 Å². The van der Waals surface area contributed by atoms with Crippen molar-refractivity contribution in [3.63, 3.8) is 0 Å². The lowest BCUT2D eigenvalue weighted by Crippen LogP contribution is -2.24. The van der Waals surface area contributed by atoms with E-state index in [-0.39, 0.29) is 5.91 Å². The number of hydrogen-bond donors (Lipinski definition) is 2. The van der Waals surface area contributed by atoms with Crippen LogP contribution in [0.4, 0.5) is 0 Å². The van der Waals surface area contributed by atoms with Gasteiger partial charge in [0.1, 0.15) is 6.33 Å². The topological polar surface area (TPSA) is 96.5 Å². The van der Waals surface area contributed by atoms with Crippen molar-refractivity contribution in [2.24, 2.45) is 0 Å². The lowest BCUT2D eigenvalue weighted by atomic mass is 10.1. The Bertz CT molecular complexity index is 1120. The maximum Gasteiger partial charge on any atom is 0.254 e. The number of aryl methyl sites for hydroxylation is 2. The second kappa shape index (κ2) is 6.95. The molecule has 0 aliphatic carbocycles. The molecule has 0 radical (unpaired) electrons. The molecule has 4 rings (SSSR count). The fourth-order valence-corrected chi connectivity index (χ4v) is 3.03. The van der Waals surface area contributed by atoms with Gasteiger partial charge < -0.3 is 10.3 Å². The van der Waals surface area contributed by atoms with Gasteiger partial charge in [-0.3, -0.25) is 4.79 Å². The molecule has 0 atom stereocenters. The van der Waals surface area contributed by atoms with Gasteiger partial charge in [-0.2, -0.15) is 0 Å². The standard InChI is InChI=1S/C20H18N6O/c1-12-15-8-14(9-24-20(27)16-10-21-11-25-13(16)2)4-5-17(15)26-18(12)19-22-6-3-7-23-19/h3-8,10-11,26H,9H2,1-2H3,(H,24,27). The third-order valence-corrected chi connectivity index (χ3v) is 4.52. The van der Waals surface area contributed by atoms with Crippen LogP contribution in [0.3, 0.4) is 0 Å². The molecule has 2 N–H and O–H groups in total. The molecule has 4 aromatic rings. The smallest absolute Gasteiger partial charge is 0.254 e. The van der Waals surface area contributed by atoms with Gasteiger partial charge in [0.15, 0.2) is 5.82 Å². The van der Waals surface area contributed by atoms with Gasteiger partial charge >= 0.3 is 0 Å². The molecular formula is C20H18N6O. The minimum absolute atomic E-state index is 0.183. The van der Waals surface area contributed by atoms with Gasteiger partial charge in [0.2, 0.25) is 0 Å². The molecule has 7 heteroatoms. The minimum atomic E-state index is -0.183. The quantitative estimate of drug-likeness (QED) is 0.585. The lowest BCUT2D eigenvalue weighted by molar-refractivity contribution is 0.0949. The number of H-pyrrole nitrogens is 1. The molecule has 134 valence electrons. The molecule has 0 fully saturated rings. The van der Waals surface area contributed by atoms with E-state index in [9.17, 15) is 4.79 Å². The third-order valence-electron chi connectivity index (χ3n) is 4.52. The molecule has 0 unspecified atom stereocenters. The van der Waals surface area contributed by atoms with E-state index >= 15 is 0 Å². The monoisotopic (exact) mass is 358 g/mol. The van der Waals surface area contributed by atoms with Crippen LogP contribution in [0.15, 0.2) is 49.2 Å². The zero-order chi connectivity index (χ0) is 18.8. The number of carbonyl (C=O) groups is 1. The molecule has 0 saturated heterocycles. The molecule has 27 heavy (non-hydrogen) atoms. The summed E-state index contributed by atoms with van der Waals surface area (Å²) in [7, 11) is 0. The fraction of sp³-hybridized carbons (Fsp3) is 0.150. The largest absolute Gasteiger partial charge is 0.352 e. The van der Waals surface area contributed by atoms with Crippen molar-refractivity contribution in [2.75, 3.05) is 0 Å². The second-order valence-corrected chi connectivity index (χ2v) is 6.28. The first-order valence-electron chi connectivity index (χ1n) is 8.57. The Morgan fingerprint density at radius 2 is 1.96 bits per heavy atom. The summed E-state index contributed by atoms with van der Waals surface area (Å²) in [6.45, 7) is 4.25. The molecular weight excluding hydrogens is 340 g/mol. The number of hydrogen-bond acceptors (Lipinski definition) is 5. The zero-order valence-corrected chi connectivity index (χ0v) is 15.0. The van der Waals surface area contributed by atoms with Crippen LogP contribution in [-0.2, 0) is 6.54 Å². The van der Waals surface area contributed by atoms with Gasteiger partial charge in [0, 0.05) is 36.0 Å². The van der Waals surface area contributed by atoms with Crippen LogP contribution in [0, 0.1) is 13.8 Å². The Balaban J connectivity index is 1.58. The maximum absolute atomic E-state index is 12.3. The van der Waals surface area contributed by atoms with E-state index in [0.29, 0.717) is 23.6 Å². The summed E-state index contributed by atoms with van der Waals surface area (Å²) in [4.78, 5) is 32.3. The average Bonchev–Trinajstić information content (AvgIpc) is 3.03. The molecule has 0 spiro atoms. The molecule has 0 aliphatic heterocycles. The highest BCUT2D eigenvalue weighted by molar-refractivity contribution is 5.95. The number of amides is 1. The molecule has 0 aliphatic rings. The second-order valence-electron chi connectivity index (χ2n) is 6.28.